The maximum absolute atomic E-state index is 13.0. The highest BCUT2D eigenvalue weighted by molar-refractivity contribution is 6.31. The molecular formula is C21H28ClF3N4O2. The summed E-state index contributed by atoms with van der Waals surface area (Å²) in [6.07, 6.45) is -1.32. The fourth-order valence-corrected chi connectivity index (χ4v) is 4.30. The lowest BCUT2D eigenvalue weighted by molar-refractivity contribution is -0.137. The van der Waals surface area contributed by atoms with E-state index in [0.29, 0.717) is 32.7 Å². The molecule has 3 rings (SSSR count). The highest BCUT2D eigenvalue weighted by atomic mass is 35.5. The maximum atomic E-state index is 13.0. The number of amides is 2. The van der Waals surface area contributed by atoms with Crippen LogP contribution in [0.1, 0.15) is 31.7 Å². The first-order valence-corrected chi connectivity index (χ1v) is 10.9. The third kappa shape index (κ3) is 6.57. The summed E-state index contributed by atoms with van der Waals surface area (Å²) in [5, 5.41) is 2.10. The summed E-state index contributed by atoms with van der Waals surface area (Å²) >= 11 is 5.61. The zero-order valence-electron chi connectivity index (χ0n) is 17.6. The Morgan fingerprint density at radius 2 is 1.71 bits per heavy atom. The first-order chi connectivity index (χ1) is 14.6. The lowest BCUT2D eigenvalue weighted by Gasteiger charge is -2.37. The topological polar surface area (TPSA) is 55.9 Å². The third-order valence-electron chi connectivity index (χ3n) is 5.87. The van der Waals surface area contributed by atoms with Crippen LogP contribution in [0.5, 0.6) is 0 Å². The molecule has 0 bridgehead atoms. The van der Waals surface area contributed by atoms with Crippen LogP contribution >= 0.6 is 11.6 Å². The van der Waals surface area contributed by atoms with Crippen LogP contribution in [0.3, 0.4) is 0 Å². The van der Waals surface area contributed by atoms with Crippen molar-refractivity contribution in [1.82, 2.24) is 14.7 Å². The first kappa shape index (κ1) is 23.8. The third-order valence-corrected chi connectivity index (χ3v) is 6.20. The van der Waals surface area contributed by atoms with E-state index in [4.69, 9.17) is 11.6 Å². The van der Waals surface area contributed by atoms with Crippen molar-refractivity contribution in [2.75, 3.05) is 51.1 Å². The number of hydrogen-bond acceptors (Lipinski definition) is 4. The van der Waals surface area contributed by atoms with Gasteiger partial charge in [0.1, 0.15) is 0 Å². The van der Waals surface area contributed by atoms with Gasteiger partial charge in [0.25, 0.3) is 0 Å². The fourth-order valence-electron chi connectivity index (χ4n) is 4.08. The van der Waals surface area contributed by atoms with Crippen LogP contribution in [0.4, 0.5) is 18.9 Å². The van der Waals surface area contributed by atoms with E-state index < -0.39 is 16.8 Å². The van der Waals surface area contributed by atoms with Crippen molar-refractivity contribution >= 4 is 29.1 Å². The molecule has 0 spiro atoms. The summed E-state index contributed by atoms with van der Waals surface area (Å²) in [6.45, 7) is 5.94. The standard InChI is InChI=1S/C21H28ClF3N4O2/c1-15-4-2-3-7-29(15)20(31)14-28-10-8-27(9-11-28)13-19(30)26-16-5-6-18(22)17(12-16)21(23,24)25/h5-6,12,15H,2-4,7-11,13-14H2,1H3,(H,26,30)/t15-/m1/s1. The Morgan fingerprint density at radius 3 is 2.32 bits per heavy atom. The van der Waals surface area contributed by atoms with Crippen molar-refractivity contribution in [2.45, 2.75) is 38.4 Å². The second kappa shape index (κ2) is 10.2. The molecule has 0 aromatic heterocycles. The molecule has 31 heavy (non-hydrogen) atoms. The molecule has 6 nitrogen and oxygen atoms in total. The number of piperidine rings is 1. The van der Waals surface area contributed by atoms with E-state index in [1.807, 2.05) is 9.80 Å². The maximum Gasteiger partial charge on any atom is 0.417 e. The monoisotopic (exact) mass is 460 g/mol. The molecule has 172 valence electrons. The van der Waals surface area contributed by atoms with Gasteiger partial charge in [-0.2, -0.15) is 13.2 Å². The van der Waals surface area contributed by atoms with Crippen LogP contribution in [0.15, 0.2) is 18.2 Å². The van der Waals surface area contributed by atoms with Gasteiger partial charge in [-0.05, 0) is 44.4 Å². The number of piperazine rings is 1. The molecule has 0 saturated carbocycles. The number of alkyl halides is 3. The molecular weight excluding hydrogens is 433 g/mol. The van der Waals surface area contributed by atoms with Crippen molar-refractivity contribution in [3.63, 3.8) is 0 Å². The molecule has 0 unspecified atom stereocenters. The van der Waals surface area contributed by atoms with E-state index in [1.165, 1.54) is 12.5 Å². The number of carbonyl (C=O) groups excluding carboxylic acids is 2. The average molecular weight is 461 g/mol. The molecule has 0 aliphatic carbocycles. The van der Waals surface area contributed by atoms with Crippen molar-refractivity contribution in [2.24, 2.45) is 0 Å². The quantitative estimate of drug-likeness (QED) is 0.732. The largest absolute Gasteiger partial charge is 0.417 e. The van der Waals surface area contributed by atoms with Crippen molar-refractivity contribution < 1.29 is 22.8 Å². The predicted molar refractivity (Wildman–Crippen MR) is 113 cm³/mol. The normalized spacial score (nSPS) is 21.2. The molecule has 2 aliphatic rings. The molecule has 0 radical (unpaired) electrons. The number of likely N-dealkylation sites (tertiary alicyclic amines) is 1. The van der Waals surface area contributed by atoms with Crippen LogP contribution in [-0.4, -0.2) is 78.4 Å². The molecule has 2 fully saturated rings. The van der Waals surface area contributed by atoms with Crippen molar-refractivity contribution in [3.8, 4) is 0 Å². The van der Waals surface area contributed by atoms with Crippen LogP contribution in [-0.2, 0) is 15.8 Å². The van der Waals surface area contributed by atoms with Gasteiger partial charge in [0.05, 0.1) is 23.7 Å². The van der Waals surface area contributed by atoms with E-state index in [1.54, 1.807) is 0 Å². The Balaban J connectivity index is 1.44. The van der Waals surface area contributed by atoms with Crippen LogP contribution in [0.25, 0.3) is 0 Å². The van der Waals surface area contributed by atoms with Gasteiger partial charge in [0, 0.05) is 44.5 Å². The van der Waals surface area contributed by atoms with Gasteiger partial charge in [-0.1, -0.05) is 11.6 Å². The lowest BCUT2D eigenvalue weighted by atomic mass is 10.0. The molecule has 10 heteroatoms. The molecule has 1 atom stereocenters. The van der Waals surface area contributed by atoms with Gasteiger partial charge in [0.15, 0.2) is 0 Å². The van der Waals surface area contributed by atoms with Gasteiger partial charge in [-0.25, -0.2) is 0 Å². The van der Waals surface area contributed by atoms with Crippen LogP contribution in [0, 0.1) is 0 Å². The summed E-state index contributed by atoms with van der Waals surface area (Å²) < 4.78 is 38.9. The zero-order chi connectivity index (χ0) is 22.6. The number of carbonyl (C=O) groups is 2. The average Bonchev–Trinajstić information content (AvgIpc) is 2.70. The molecule has 1 aromatic rings. The van der Waals surface area contributed by atoms with Gasteiger partial charge in [-0.3, -0.25) is 19.4 Å². The summed E-state index contributed by atoms with van der Waals surface area (Å²) in [7, 11) is 0. The minimum atomic E-state index is -4.59. The Morgan fingerprint density at radius 1 is 1.06 bits per heavy atom. The fraction of sp³-hybridized carbons (Fsp3) is 0.619. The molecule has 1 aromatic carbocycles. The number of nitrogens with zero attached hydrogens (tertiary/aromatic N) is 3. The highest BCUT2D eigenvalue weighted by Crippen LogP contribution is 2.36. The van der Waals surface area contributed by atoms with E-state index in [-0.39, 0.29) is 30.1 Å². The number of nitrogens with one attached hydrogen (secondary N) is 1. The Bertz CT molecular complexity index is 797. The minimum Gasteiger partial charge on any atom is -0.339 e. The summed E-state index contributed by atoms with van der Waals surface area (Å²) in [6, 6.07) is 3.60. The molecule has 2 amide bonds. The van der Waals surface area contributed by atoms with Gasteiger partial charge < -0.3 is 10.2 Å². The number of rotatable bonds is 5. The lowest BCUT2D eigenvalue weighted by Crippen LogP contribution is -2.53. The first-order valence-electron chi connectivity index (χ1n) is 10.5. The van der Waals surface area contributed by atoms with Gasteiger partial charge >= 0.3 is 6.18 Å². The Labute approximate surface area is 185 Å². The predicted octanol–water partition coefficient (Wildman–Crippen LogP) is 3.32. The summed E-state index contributed by atoms with van der Waals surface area (Å²) in [4.78, 5) is 30.8. The smallest absolute Gasteiger partial charge is 0.339 e. The van der Waals surface area contributed by atoms with Crippen LogP contribution < -0.4 is 5.32 Å². The summed E-state index contributed by atoms with van der Waals surface area (Å²) in [5.74, 6) is -0.233. The SMILES string of the molecule is C[C@@H]1CCCCN1C(=O)CN1CCN(CC(=O)Nc2ccc(Cl)c(C(F)(F)F)c2)CC1. The number of hydrogen-bond donors (Lipinski definition) is 1. The van der Waals surface area contributed by atoms with E-state index in [0.717, 1.165) is 31.5 Å². The van der Waals surface area contributed by atoms with Crippen LogP contribution in [0.2, 0.25) is 5.02 Å². The van der Waals surface area contributed by atoms with E-state index in [2.05, 4.69) is 17.1 Å². The molecule has 2 aliphatic heterocycles. The second-order valence-electron chi connectivity index (χ2n) is 8.22. The van der Waals surface area contributed by atoms with Crippen molar-refractivity contribution in [1.29, 1.82) is 0 Å². The number of halogens is 4. The Hall–Kier alpha value is -1.84. The van der Waals surface area contributed by atoms with Gasteiger partial charge in [-0.15, -0.1) is 0 Å². The van der Waals surface area contributed by atoms with E-state index >= 15 is 0 Å². The minimum absolute atomic E-state index is 0.0570. The highest BCUT2D eigenvalue weighted by Gasteiger charge is 2.33. The number of benzene rings is 1. The Kier molecular flexibility index (Phi) is 7.82. The van der Waals surface area contributed by atoms with Gasteiger partial charge in [0.2, 0.25) is 11.8 Å². The molecule has 2 heterocycles. The zero-order valence-corrected chi connectivity index (χ0v) is 18.3. The molecule has 2 saturated heterocycles. The second-order valence-corrected chi connectivity index (χ2v) is 8.63. The summed E-state index contributed by atoms with van der Waals surface area (Å²) in [5.41, 5.74) is -0.921. The van der Waals surface area contributed by atoms with E-state index in [9.17, 15) is 22.8 Å². The molecule has 1 N–H and O–H groups in total. The van der Waals surface area contributed by atoms with Crippen molar-refractivity contribution in [3.05, 3.63) is 28.8 Å². The number of anilines is 1.